The van der Waals surface area contributed by atoms with E-state index in [-0.39, 0.29) is 18.0 Å². The van der Waals surface area contributed by atoms with Crippen LogP contribution in [0, 0.1) is 5.92 Å². The van der Waals surface area contributed by atoms with Crippen LogP contribution < -0.4 is 5.73 Å². The third-order valence-corrected chi connectivity index (χ3v) is 3.15. The number of oxime groups is 1. The maximum absolute atomic E-state index is 9.59. The van der Waals surface area contributed by atoms with Gasteiger partial charge in [-0.05, 0) is 19.3 Å². The van der Waals surface area contributed by atoms with Crippen LogP contribution in [-0.4, -0.2) is 46.3 Å². The summed E-state index contributed by atoms with van der Waals surface area (Å²) in [5.74, 6) is 0.565. The van der Waals surface area contributed by atoms with E-state index in [0.29, 0.717) is 12.3 Å². The fraction of sp³-hybridized carbons (Fsp3) is 0.900. The largest absolute Gasteiger partial charge is 0.409 e. The lowest BCUT2D eigenvalue weighted by atomic mass is 9.95. The normalized spacial score (nSPS) is 31.5. The molecule has 1 rings (SSSR count). The summed E-state index contributed by atoms with van der Waals surface area (Å²) in [5.41, 5.74) is 5.47. The van der Waals surface area contributed by atoms with Gasteiger partial charge in [-0.25, -0.2) is 0 Å². The number of hydrogen-bond donors (Lipinski definition) is 3. The van der Waals surface area contributed by atoms with Gasteiger partial charge in [-0.15, -0.1) is 0 Å². The highest BCUT2D eigenvalue weighted by atomic mass is 16.4. The second kappa shape index (κ2) is 5.32. The minimum Gasteiger partial charge on any atom is -0.409 e. The number of amidine groups is 1. The first kappa shape index (κ1) is 12.3. The van der Waals surface area contributed by atoms with Crippen LogP contribution in [0.25, 0.3) is 0 Å². The van der Waals surface area contributed by atoms with Crippen molar-refractivity contribution in [1.82, 2.24) is 4.90 Å². The summed E-state index contributed by atoms with van der Waals surface area (Å²) in [6.45, 7) is 5.86. The number of nitrogens with zero attached hydrogens (tertiary/aromatic N) is 2. The molecule has 3 unspecified atom stereocenters. The summed E-state index contributed by atoms with van der Waals surface area (Å²) in [6, 6.07) is 0.260. The van der Waals surface area contributed by atoms with Crippen molar-refractivity contribution in [1.29, 1.82) is 0 Å². The minimum absolute atomic E-state index is 0.183. The van der Waals surface area contributed by atoms with Crippen LogP contribution in [0.3, 0.4) is 0 Å². The summed E-state index contributed by atoms with van der Waals surface area (Å²) < 4.78 is 0. The Morgan fingerprint density at radius 1 is 1.67 bits per heavy atom. The maximum Gasteiger partial charge on any atom is 0.140 e. The van der Waals surface area contributed by atoms with Gasteiger partial charge in [-0.1, -0.05) is 12.1 Å². The van der Waals surface area contributed by atoms with E-state index >= 15 is 0 Å². The standard InChI is InChI=1S/C10H21N3O2/c1-7-6-13(4-3-9(7)14)8(2)5-10(11)12-15/h7-9,14-15H,3-6H2,1-2H3,(H2,11,12). The molecule has 3 atom stereocenters. The second-order valence-electron chi connectivity index (χ2n) is 4.47. The second-order valence-corrected chi connectivity index (χ2v) is 4.47. The van der Waals surface area contributed by atoms with Crippen LogP contribution in [0.15, 0.2) is 5.16 Å². The maximum atomic E-state index is 9.59. The van der Waals surface area contributed by atoms with Crippen molar-refractivity contribution >= 4 is 5.84 Å². The van der Waals surface area contributed by atoms with E-state index in [9.17, 15) is 5.11 Å². The predicted molar refractivity (Wildman–Crippen MR) is 58.8 cm³/mol. The van der Waals surface area contributed by atoms with Gasteiger partial charge in [0.25, 0.3) is 0 Å². The third-order valence-electron chi connectivity index (χ3n) is 3.15. The van der Waals surface area contributed by atoms with Gasteiger partial charge < -0.3 is 16.0 Å². The summed E-state index contributed by atoms with van der Waals surface area (Å²) in [7, 11) is 0. The van der Waals surface area contributed by atoms with Crippen LogP contribution in [0.2, 0.25) is 0 Å². The average molecular weight is 215 g/mol. The first-order valence-electron chi connectivity index (χ1n) is 5.43. The van der Waals surface area contributed by atoms with Crippen LogP contribution in [0.5, 0.6) is 0 Å². The van der Waals surface area contributed by atoms with E-state index in [4.69, 9.17) is 10.9 Å². The molecule has 0 aromatic carbocycles. The van der Waals surface area contributed by atoms with Crippen LogP contribution in [0.4, 0.5) is 0 Å². The molecule has 5 nitrogen and oxygen atoms in total. The van der Waals surface area contributed by atoms with Crippen LogP contribution in [0.1, 0.15) is 26.7 Å². The van der Waals surface area contributed by atoms with Crippen molar-refractivity contribution < 1.29 is 10.3 Å². The number of aliphatic hydroxyl groups is 1. The van der Waals surface area contributed by atoms with Gasteiger partial charge in [0.15, 0.2) is 0 Å². The zero-order chi connectivity index (χ0) is 11.4. The summed E-state index contributed by atoms with van der Waals surface area (Å²) in [6.07, 6.45) is 1.19. The smallest absolute Gasteiger partial charge is 0.140 e. The van der Waals surface area contributed by atoms with Gasteiger partial charge in [-0.3, -0.25) is 4.90 Å². The lowest BCUT2D eigenvalue weighted by molar-refractivity contribution is 0.0213. The van der Waals surface area contributed by atoms with E-state index in [1.807, 2.05) is 6.92 Å². The van der Waals surface area contributed by atoms with Crippen molar-refractivity contribution in [3.8, 4) is 0 Å². The molecule has 1 fully saturated rings. The quantitative estimate of drug-likeness (QED) is 0.272. The zero-order valence-electron chi connectivity index (χ0n) is 9.43. The molecule has 0 bridgehead atoms. The van der Waals surface area contributed by atoms with Crippen molar-refractivity contribution in [2.75, 3.05) is 13.1 Å². The van der Waals surface area contributed by atoms with Crippen molar-refractivity contribution in [2.24, 2.45) is 16.8 Å². The number of nitrogens with two attached hydrogens (primary N) is 1. The topological polar surface area (TPSA) is 82.1 Å². The van der Waals surface area contributed by atoms with Gasteiger partial charge in [0.1, 0.15) is 5.84 Å². The molecular formula is C10H21N3O2. The van der Waals surface area contributed by atoms with Gasteiger partial charge in [-0.2, -0.15) is 0 Å². The van der Waals surface area contributed by atoms with Crippen molar-refractivity contribution in [3.05, 3.63) is 0 Å². The summed E-state index contributed by atoms with van der Waals surface area (Å²) in [5, 5.41) is 21.0. The first-order valence-corrected chi connectivity index (χ1v) is 5.43. The Kier molecular flexibility index (Phi) is 4.35. The molecule has 0 aromatic heterocycles. The fourth-order valence-corrected chi connectivity index (χ4v) is 2.04. The lowest BCUT2D eigenvalue weighted by Gasteiger charge is -2.38. The molecular weight excluding hydrogens is 194 g/mol. The van der Waals surface area contributed by atoms with Crippen LogP contribution >= 0.6 is 0 Å². The lowest BCUT2D eigenvalue weighted by Crippen LogP contribution is -2.47. The SMILES string of the molecule is CC1CN(C(C)CC(N)=NO)CCC1O. The minimum atomic E-state index is -0.183. The Balaban J connectivity index is 2.44. The Morgan fingerprint density at radius 3 is 2.87 bits per heavy atom. The van der Waals surface area contributed by atoms with Gasteiger partial charge in [0.05, 0.1) is 6.10 Å². The molecule has 1 heterocycles. The molecule has 0 spiro atoms. The Labute approximate surface area is 90.6 Å². The highest BCUT2D eigenvalue weighted by molar-refractivity contribution is 5.80. The van der Waals surface area contributed by atoms with Crippen molar-refractivity contribution in [2.45, 2.75) is 38.8 Å². The molecule has 88 valence electrons. The number of rotatable bonds is 3. The molecule has 0 aromatic rings. The highest BCUT2D eigenvalue weighted by Crippen LogP contribution is 2.19. The van der Waals surface area contributed by atoms with E-state index in [2.05, 4.69) is 17.0 Å². The molecule has 15 heavy (non-hydrogen) atoms. The summed E-state index contributed by atoms with van der Waals surface area (Å²) in [4.78, 5) is 2.27. The number of hydrogen-bond acceptors (Lipinski definition) is 4. The number of piperidine rings is 1. The molecule has 0 saturated carbocycles. The van der Waals surface area contributed by atoms with Crippen molar-refractivity contribution in [3.63, 3.8) is 0 Å². The Bertz CT molecular complexity index is 233. The molecule has 0 aliphatic carbocycles. The Hall–Kier alpha value is -0.810. The third kappa shape index (κ3) is 3.35. The van der Waals surface area contributed by atoms with Gasteiger partial charge in [0, 0.05) is 25.6 Å². The van der Waals surface area contributed by atoms with Crippen LogP contribution in [-0.2, 0) is 0 Å². The predicted octanol–water partition coefficient (Wildman–Crippen LogP) is 0.214. The Morgan fingerprint density at radius 2 is 2.33 bits per heavy atom. The molecule has 4 N–H and O–H groups in total. The summed E-state index contributed by atoms with van der Waals surface area (Å²) >= 11 is 0. The molecule has 1 aliphatic rings. The molecule has 0 radical (unpaired) electrons. The van der Waals surface area contributed by atoms with E-state index in [1.54, 1.807) is 0 Å². The van der Waals surface area contributed by atoms with E-state index < -0.39 is 0 Å². The fourth-order valence-electron chi connectivity index (χ4n) is 2.04. The first-order chi connectivity index (χ1) is 7.04. The molecule has 0 amide bonds. The highest BCUT2D eigenvalue weighted by Gasteiger charge is 2.27. The zero-order valence-corrected chi connectivity index (χ0v) is 9.43. The number of likely N-dealkylation sites (tertiary alicyclic amines) is 1. The van der Waals surface area contributed by atoms with Gasteiger partial charge >= 0.3 is 0 Å². The van der Waals surface area contributed by atoms with Gasteiger partial charge in [0.2, 0.25) is 0 Å². The van der Waals surface area contributed by atoms with E-state index in [0.717, 1.165) is 19.5 Å². The molecule has 1 saturated heterocycles. The molecule has 1 aliphatic heterocycles. The average Bonchev–Trinajstić information content (AvgIpc) is 2.21. The monoisotopic (exact) mass is 215 g/mol. The number of aliphatic hydroxyl groups excluding tert-OH is 1. The molecule has 5 heteroatoms. The van der Waals surface area contributed by atoms with E-state index in [1.165, 1.54) is 0 Å².